The Morgan fingerprint density at radius 2 is 2.15 bits per heavy atom. The molecule has 0 fully saturated rings. The zero-order chi connectivity index (χ0) is 15.0. The van der Waals surface area contributed by atoms with E-state index in [-0.39, 0.29) is 5.91 Å². The van der Waals surface area contributed by atoms with Crippen LogP contribution in [0.25, 0.3) is 0 Å². The van der Waals surface area contributed by atoms with Crippen LogP contribution in [0.4, 0.5) is 0 Å². The summed E-state index contributed by atoms with van der Waals surface area (Å²) in [4.78, 5) is 11.6. The standard InChI is InChI=1S/C16H26N2O2/c1-4-10-18-16(3,15(17)19)9-11-20-14-8-6-7-13(5-2)12-14/h6-8,12,18H,4-5,9-11H2,1-3H3,(H2,17,19). The fraction of sp³-hybridized carbons (Fsp3) is 0.562. The number of carbonyl (C=O) groups is 1. The Morgan fingerprint density at radius 1 is 1.40 bits per heavy atom. The molecule has 1 unspecified atom stereocenters. The van der Waals surface area contributed by atoms with Crippen LogP contribution in [0.5, 0.6) is 5.75 Å². The lowest BCUT2D eigenvalue weighted by atomic mass is 9.97. The molecule has 0 aliphatic rings. The lowest BCUT2D eigenvalue weighted by Gasteiger charge is -2.27. The number of hydrogen-bond acceptors (Lipinski definition) is 3. The highest BCUT2D eigenvalue weighted by molar-refractivity contribution is 5.84. The Morgan fingerprint density at radius 3 is 2.75 bits per heavy atom. The third-order valence-electron chi connectivity index (χ3n) is 3.49. The molecule has 0 radical (unpaired) electrons. The quantitative estimate of drug-likeness (QED) is 0.728. The largest absolute Gasteiger partial charge is 0.494 e. The SMILES string of the molecule is CCCNC(C)(CCOc1cccc(CC)c1)C(N)=O. The van der Waals surface area contributed by atoms with Gasteiger partial charge in [-0.2, -0.15) is 0 Å². The van der Waals surface area contributed by atoms with Gasteiger partial charge in [-0.15, -0.1) is 0 Å². The van der Waals surface area contributed by atoms with Gasteiger partial charge >= 0.3 is 0 Å². The van der Waals surface area contributed by atoms with Crippen LogP contribution in [-0.4, -0.2) is 24.6 Å². The van der Waals surface area contributed by atoms with Crippen molar-refractivity contribution in [3.05, 3.63) is 29.8 Å². The van der Waals surface area contributed by atoms with E-state index in [9.17, 15) is 4.79 Å². The third-order valence-corrected chi connectivity index (χ3v) is 3.49. The zero-order valence-electron chi connectivity index (χ0n) is 12.7. The number of carbonyl (C=O) groups excluding carboxylic acids is 1. The summed E-state index contributed by atoms with van der Waals surface area (Å²) in [7, 11) is 0. The lowest BCUT2D eigenvalue weighted by Crippen LogP contribution is -2.54. The summed E-state index contributed by atoms with van der Waals surface area (Å²) in [5, 5.41) is 3.20. The number of ether oxygens (including phenoxy) is 1. The first-order valence-corrected chi connectivity index (χ1v) is 7.28. The van der Waals surface area contributed by atoms with Crippen molar-refractivity contribution in [1.29, 1.82) is 0 Å². The number of aryl methyl sites for hydroxylation is 1. The Hall–Kier alpha value is -1.55. The van der Waals surface area contributed by atoms with E-state index in [1.165, 1.54) is 5.56 Å². The van der Waals surface area contributed by atoms with E-state index in [1.54, 1.807) is 0 Å². The Bertz CT molecular complexity index is 434. The second kappa shape index (κ2) is 7.90. The van der Waals surface area contributed by atoms with E-state index in [4.69, 9.17) is 10.5 Å². The predicted molar refractivity (Wildman–Crippen MR) is 81.8 cm³/mol. The summed E-state index contributed by atoms with van der Waals surface area (Å²) < 4.78 is 5.73. The molecule has 4 nitrogen and oxygen atoms in total. The van der Waals surface area contributed by atoms with Gasteiger partial charge in [0, 0.05) is 6.42 Å². The van der Waals surface area contributed by atoms with Crippen molar-refractivity contribution >= 4 is 5.91 Å². The number of rotatable bonds is 9. The fourth-order valence-corrected chi connectivity index (χ4v) is 1.93. The fourth-order valence-electron chi connectivity index (χ4n) is 1.93. The number of nitrogens with two attached hydrogens (primary N) is 1. The number of amides is 1. The minimum Gasteiger partial charge on any atom is -0.494 e. The highest BCUT2D eigenvalue weighted by Crippen LogP contribution is 2.16. The van der Waals surface area contributed by atoms with Crippen LogP contribution in [0.3, 0.4) is 0 Å². The predicted octanol–water partition coefficient (Wildman–Crippen LogP) is 2.26. The topological polar surface area (TPSA) is 64.3 Å². The second-order valence-electron chi connectivity index (χ2n) is 5.22. The molecule has 1 atom stereocenters. The van der Waals surface area contributed by atoms with Crippen molar-refractivity contribution < 1.29 is 9.53 Å². The van der Waals surface area contributed by atoms with Crippen molar-refractivity contribution in [2.75, 3.05) is 13.2 Å². The van der Waals surface area contributed by atoms with Gasteiger partial charge in [0.25, 0.3) is 0 Å². The first kappa shape index (κ1) is 16.5. The molecule has 1 aromatic carbocycles. The number of primary amides is 1. The molecular weight excluding hydrogens is 252 g/mol. The second-order valence-corrected chi connectivity index (χ2v) is 5.22. The zero-order valence-corrected chi connectivity index (χ0v) is 12.7. The normalized spacial score (nSPS) is 13.8. The molecule has 3 N–H and O–H groups in total. The molecule has 0 saturated heterocycles. The first-order chi connectivity index (χ1) is 9.51. The minimum atomic E-state index is -0.710. The Kier molecular flexibility index (Phi) is 6.52. The van der Waals surface area contributed by atoms with Gasteiger partial charge in [-0.1, -0.05) is 26.0 Å². The highest BCUT2D eigenvalue weighted by atomic mass is 16.5. The molecule has 1 rings (SSSR count). The van der Waals surface area contributed by atoms with Crippen molar-refractivity contribution in [1.82, 2.24) is 5.32 Å². The van der Waals surface area contributed by atoms with E-state index >= 15 is 0 Å². The van der Waals surface area contributed by atoms with E-state index in [0.29, 0.717) is 13.0 Å². The van der Waals surface area contributed by atoms with E-state index in [1.807, 2.05) is 25.1 Å². The monoisotopic (exact) mass is 278 g/mol. The maximum Gasteiger partial charge on any atom is 0.237 e. The molecule has 0 aromatic heterocycles. The molecule has 4 heteroatoms. The van der Waals surface area contributed by atoms with Crippen molar-refractivity contribution in [2.45, 2.75) is 45.6 Å². The average Bonchev–Trinajstić information content (AvgIpc) is 2.45. The molecule has 0 heterocycles. The van der Waals surface area contributed by atoms with E-state index < -0.39 is 5.54 Å². The van der Waals surface area contributed by atoms with Crippen molar-refractivity contribution in [2.24, 2.45) is 5.73 Å². The first-order valence-electron chi connectivity index (χ1n) is 7.28. The number of hydrogen-bond donors (Lipinski definition) is 2. The minimum absolute atomic E-state index is 0.336. The molecule has 0 bridgehead atoms. The molecule has 20 heavy (non-hydrogen) atoms. The van der Waals surface area contributed by atoms with Gasteiger partial charge in [0.1, 0.15) is 5.75 Å². The third kappa shape index (κ3) is 4.85. The summed E-state index contributed by atoms with van der Waals surface area (Å²) in [5.41, 5.74) is 6.01. The Balaban J connectivity index is 2.53. The molecule has 0 spiro atoms. The molecule has 0 saturated carbocycles. The average molecular weight is 278 g/mol. The number of nitrogens with one attached hydrogen (secondary N) is 1. The van der Waals surface area contributed by atoms with Crippen LogP contribution in [0.15, 0.2) is 24.3 Å². The van der Waals surface area contributed by atoms with Crippen molar-refractivity contribution in [3.8, 4) is 5.75 Å². The van der Waals surface area contributed by atoms with Gasteiger partial charge in [0.15, 0.2) is 0 Å². The summed E-state index contributed by atoms with van der Waals surface area (Å²) in [6, 6.07) is 8.02. The summed E-state index contributed by atoms with van der Waals surface area (Å²) >= 11 is 0. The van der Waals surface area contributed by atoms with Crippen LogP contribution >= 0.6 is 0 Å². The van der Waals surface area contributed by atoms with Gasteiger partial charge in [-0.05, 0) is 44.0 Å². The maximum atomic E-state index is 11.6. The Labute approximate surface area is 121 Å². The smallest absolute Gasteiger partial charge is 0.237 e. The van der Waals surface area contributed by atoms with Crippen LogP contribution < -0.4 is 15.8 Å². The van der Waals surface area contributed by atoms with Crippen LogP contribution in [-0.2, 0) is 11.2 Å². The van der Waals surface area contributed by atoms with Crippen LogP contribution in [0.1, 0.15) is 39.2 Å². The van der Waals surface area contributed by atoms with E-state index in [0.717, 1.165) is 25.1 Å². The molecule has 0 aliphatic carbocycles. The summed E-state index contributed by atoms with van der Waals surface area (Å²) in [6.07, 6.45) is 2.50. The molecule has 0 aliphatic heterocycles. The van der Waals surface area contributed by atoms with Crippen LogP contribution in [0.2, 0.25) is 0 Å². The van der Waals surface area contributed by atoms with Crippen molar-refractivity contribution in [3.63, 3.8) is 0 Å². The van der Waals surface area contributed by atoms with Gasteiger partial charge in [0.2, 0.25) is 5.91 Å². The maximum absolute atomic E-state index is 11.6. The molecular formula is C16H26N2O2. The molecule has 1 amide bonds. The van der Waals surface area contributed by atoms with Gasteiger partial charge in [0.05, 0.1) is 12.1 Å². The molecule has 112 valence electrons. The number of benzene rings is 1. The summed E-state index contributed by atoms with van der Waals surface area (Å²) in [6.45, 7) is 7.23. The highest BCUT2D eigenvalue weighted by Gasteiger charge is 2.29. The molecule has 1 aromatic rings. The van der Waals surface area contributed by atoms with Gasteiger partial charge in [-0.3, -0.25) is 4.79 Å². The lowest BCUT2D eigenvalue weighted by molar-refractivity contribution is -0.124. The van der Waals surface area contributed by atoms with Gasteiger partial charge in [-0.25, -0.2) is 0 Å². The summed E-state index contributed by atoms with van der Waals surface area (Å²) in [5.74, 6) is 0.503. The van der Waals surface area contributed by atoms with Gasteiger partial charge < -0.3 is 15.8 Å². The van der Waals surface area contributed by atoms with Crippen LogP contribution in [0, 0.1) is 0 Å². The van der Waals surface area contributed by atoms with E-state index in [2.05, 4.69) is 25.2 Å².